The number of aromatic amines is 1. The van der Waals surface area contributed by atoms with E-state index in [1.165, 1.54) is 33.5 Å². The molecule has 0 radical (unpaired) electrons. The van der Waals surface area contributed by atoms with Crippen molar-refractivity contribution < 1.29 is 0 Å². The molecule has 0 fully saturated rings. The molecule has 3 nitrogen and oxygen atoms in total. The summed E-state index contributed by atoms with van der Waals surface area (Å²) in [7, 11) is 0. The zero-order valence-corrected chi connectivity index (χ0v) is 13.2. The Morgan fingerprint density at radius 3 is 3.30 bits per heavy atom. The van der Waals surface area contributed by atoms with Gasteiger partial charge in [-0.3, -0.25) is 5.10 Å². The molecule has 1 aliphatic carbocycles. The lowest BCUT2D eigenvalue weighted by Gasteiger charge is -2.24. The maximum atomic E-state index is 4.13. The molecule has 2 aromatic heterocycles. The molecule has 1 atom stereocenters. The number of anilines is 1. The lowest BCUT2D eigenvalue weighted by atomic mass is 9.94. The Kier molecular flexibility index (Phi) is 3.04. The highest BCUT2D eigenvalue weighted by molar-refractivity contribution is 9.11. The summed E-state index contributed by atoms with van der Waals surface area (Å²) in [5.74, 6) is 0. The minimum atomic E-state index is 0.398. The minimum absolute atomic E-state index is 0.398. The number of aromatic nitrogens is 2. The first-order chi connectivity index (χ1) is 9.81. The molecule has 0 amide bonds. The standard InChI is InChI=1S/C15H14BrN3S/c16-14-7-10-11(4-2-6-13(10)20-14)18-12-5-1-3-9-8-17-19-15(9)12/h1,3,5,7-8,11,18H,2,4,6H2,(H,17,19). The maximum absolute atomic E-state index is 4.13. The zero-order chi connectivity index (χ0) is 13.5. The first kappa shape index (κ1) is 12.4. The second-order valence-electron chi connectivity index (χ2n) is 5.16. The number of fused-ring (bicyclic) bond motifs is 2. The second kappa shape index (κ2) is 4.90. The Balaban J connectivity index is 1.71. The average Bonchev–Trinajstić information content (AvgIpc) is 3.05. The van der Waals surface area contributed by atoms with E-state index in [2.05, 4.69) is 55.7 Å². The fraction of sp³-hybridized carbons (Fsp3) is 0.267. The van der Waals surface area contributed by atoms with Crippen LogP contribution in [0.3, 0.4) is 0 Å². The van der Waals surface area contributed by atoms with Gasteiger partial charge in [-0.1, -0.05) is 12.1 Å². The monoisotopic (exact) mass is 347 g/mol. The van der Waals surface area contributed by atoms with Gasteiger partial charge in [0.05, 0.1) is 27.2 Å². The third-order valence-corrected chi connectivity index (χ3v) is 5.60. The van der Waals surface area contributed by atoms with Crippen molar-refractivity contribution in [3.8, 4) is 0 Å². The van der Waals surface area contributed by atoms with Crippen LogP contribution in [-0.2, 0) is 6.42 Å². The highest BCUT2D eigenvalue weighted by Crippen LogP contribution is 2.40. The number of benzene rings is 1. The Labute approximate surface area is 129 Å². The van der Waals surface area contributed by atoms with Crippen LogP contribution < -0.4 is 5.32 Å². The van der Waals surface area contributed by atoms with Crippen molar-refractivity contribution in [3.05, 3.63) is 44.7 Å². The van der Waals surface area contributed by atoms with Gasteiger partial charge in [0.1, 0.15) is 0 Å². The van der Waals surface area contributed by atoms with Crippen LogP contribution in [0.1, 0.15) is 29.3 Å². The molecule has 1 unspecified atom stereocenters. The number of thiophene rings is 1. The van der Waals surface area contributed by atoms with Gasteiger partial charge in [0, 0.05) is 10.3 Å². The van der Waals surface area contributed by atoms with Gasteiger partial charge in [0.15, 0.2) is 0 Å². The SMILES string of the molecule is Brc1cc2c(s1)CCCC2Nc1cccc2cn[nH]c12. The van der Waals surface area contributed by atoms with Crippen LogP contribution in [0.25, 0.3) is 10.9 Å². The molecular formula is C15H14BrN3S. The Morgan fingerprint density at radius 1 is 1.40 bits per heavy atom. The quantitative estimate of drug-likeness (QED) is 0.693. The summed E-state index contributed by atoms with van der Waals surface area (Å²) in [6.45, 7) is 0. The Bertz CT molecular complexity index is 761. The van der Waals surface area contributed by atoms with Gasteiger partial charge >= 0.3 is 0 Å². The molecule has 2 heterocycles. The first-order valence-corrected chi connectivity index (χ1v) is 8.39. The average molecular weight is 348 g/mol. The van der Waals surface area contributed by atoms with Crippen LogP contribution in [0.15, 0.2) is 34.2 Å². The van der Waals surface area contributed by atoms with Crippen molar-refractivity contribution in [1.29, 1.82) is 0 Å². The van der Waals surface area contributed by atoms with Gasteiger partial charge in [0.2, 0.25) is 0 Å². The molecule has 2 N–H and O–H groups in total. The summed E-state index contributed by atoms with van der Waals surface area (Å²) in [6, 6.07) is 8.95. The number of H-pyrrole nitrogens is 1. The zero-order valence-electron chi connectivity index (χ0n) is 10.8. The van der Waals surface area contributed by atoms with Gasteiger partial charge in [-0.15, -0.1) is 11.3 Å². The summed E-state index contributed by atoms with van der Waals surface area (Å²) >= 11 is 5.48. The number of aryl methyl sites for hydroxylation is 1. The predicted molar refractivity (Wildman–Crippen MR) is 87.4 cm³/mol. The van der Waals surface area contributed by atoms with Gasteiger partial charge < -0.3 is 5.32 Å². The summed E-state index contributed by atoms with van der Waals surface area (Å²) in [4.78, 5) is 1.51. The van der Waals surface area contributed by atoms with Crippen LogP contribution in [-0.4, -0.2) is 10.2 Å². The van der Waals surface area contributed by atoms with Crippen molar-refractivity contribution in [3.63, 3.8) is 0 Å². The smallest absolute Gasteiger partial charge is 0.0881 e. The van der Waals surface area contributed by atoms with Crippen LogP contribution in [0.4, 0.5) is 5.69 Å². The van der Waals surface area contributed by atoms with E-state index in [1.807, 2.05) is 17.5 Å². The molecule has 0 saturated heterocycles. The number of halogens is 1. The summed E-state index contributed by atoms with van der Waals surface area (Å²) in [6.07, 6.45) is 5.50. The predicted octanol–water partition coefficient (Wildman–Crippen LogP) is 4.88. The Hall–Kier alpha value is -1.33. The molecule has 5 heteroatoms. The van der Waals surface area contributed by atoms with E-state index >= 15 is 0 Å². The van der Waals surface area contributed by atoms with Gasteiger partial charge in [-0.05, 0) is 52.9 Å². The second-order valence-corrected chi connectivity index (χ2v) is 7.67. The third kappa shape index (κ3) is 2.05. The van der Waals surface area contributed by atoms with Crippen molar-refractivity contribution in [2.24, 2.45) is 0 Å². The molecule has 0 spiro atoms. The fourth-order valence-corrected chi connectivity index (χ4v) is 4.77. The molecule has 3 aromatic rings. The summed E-state index contributed by atoms with van der Waals surface area (Å²) in [5, 5.41) is 12.1. The van der Waals surface area contributed by atoms with Crippen molar-refractivity contribution in [2.75, 3.05) is 5.32 Å². The van der Waals surface area contributed by atoms with E-state index in [9.17, 15) is 0 Å². The molecule has 1 aliphatic rings. The first-order valence-electron chi connectivity index (χ1n) is 6.78. The van der Waals surface area contributed by atoms with Gasteiger partial charge in [-0.25, -0.2) is 0 Å². The summed E-state index contributed by atoms with van der Waals surface area (Å²) in [5.41, 5.74) is 3.68. The summed E-state index contributed by atoms with van der Waals surface area (Å²) < 4.78 is 1.23. The number of para-hydroxylation sites is 1. The lowest BCUT2D eigenvalue weighted by molar-refractivity contribution is 0.609. The number of nitrogens with one attached hydrogen (secondary N) is 2. The number of nitrogens with zero attached hydrogens (tertiary/aromatic N) is 1. The highest BCUT2D eigenvalue weighted by atomic mass is 79.9. The molecule has 0 bridgehead atoms. The van der Waals surface area contributed by atoms with E-state index < -0.39 is 0 Å². The van der Waals surface area contributed by atoms with Crippen LogP contribution in [0, 0.1) is 0 Å². The normalized spacial score (nSPS) is 18.1. The van der Waals surface area contributed by atoms with E-state index in [0.29, 0.717) is 6.04 Å². The number of hydrogen-bond acceptors (Lipinski definition) is 3. The Morgan fingerprint density at radius 2 is 2.35 bits per heavy atom. The molecule has 0 saturated carbocycles. The maximum Gasteiger partial charge on any atom is 0.0881 e. The fourth-order valence-electron chi connectivity index (χ4n) is 2.95. The van der Waals surface area contributed by atoms with E-state index in [-0.39, 0.29) is 0 Å². The third-order valence-electron chi connectivity index (χ3n) is 3.89. The minimum Gasteiger partial charge on any atom is -0.376 e. The van der Waals surface area contributed by atoms with E-state index in [1.54, 1.807) is 0 Å². The van der Waals surface area contributed by atoms with E-state index in [4.69, 9.17) is 0 Å². The van der Waals surface area contributed by atoms with Crippen LogP contribution in [0.5, 0.6) is 0 Å². The molecule has 1 aromatic carbocycles. The number of rotatable bonds is 2. The number of hydrogen-bond donors (Lipinski definition) is 2. The van der Waals surface area contributed by atoms with Crippen molar-refractivity contribution >= 4 is 43.9 Å². The largest absolute Gasteiger partial charge is 0.376 e. The van der Waals surface area contributed by atoms with Crippen molar-refractivity contribution in [1.82, 2.24) is 10.2 Å². The highest BCUT2D eigenvalue weighted by Gasteiger charge is 2.23. The van der Waals surface area contributed by atoms with E-state index in [0.717, 1.165) is 16.6 Å². The van der Waals surface area contributed by atoms with Crippen LogP contribution in [0.2, 0.25) is 0 Å². The molecule has 0 aliphatic heterocycles. The lowest BCUT2D eigenvalue weighted by Crippen LogP contribution is -2.15. The molecular weight excluding hydrogens is 334 g/mol. The molecule has 102 valence electrons. The van der Waals surface area contributed by atoms with Gasteiger partial charge in [0.25, 0.3) is 0 Å². The topological polar surface area (TPSA) is 40.7 Å². The van der Waals surface area contributed by atoms with Crippen molar-refractivity contribution in [2.45, 2.75) is 25.3 Å². The molecule has 20 heavy (non-hydrogen) atoms. The van der Waals surface area contributed by atoms with Crippen LogP contribution >= 0.6 is 27.3 Å². The van der Waals surface area contributed by atoms with Gasteiger partial charge in [-0.2, -0.15) is 5.10 Å². The molecule has 4 rings (SSSR count).